The summed E-state index contributed by atoms with van der Waals surface area (Å²) in [4.78, 5) is 23.6. The molecule has 0 aromatic heterocycles. The lowest BCUT2D eigenvalue weighted by atomic mass is 9.86. The second kappa shape index (κ2) is 6.33. The quantitative estimate of drug-likeness (QED) is 0.793. The Balaban J connectivity index is 2.22. The van der Waals surface area contributed by atoms with Crippen LogP contribution in [-0.4, -0.2) is 41.8 Å². The number of fused-ring (bicyclic) bond motifs is 1. The third-order valence-electron chi connectivity index (χ3n) is 4.15. The maximum absolute atomic E-state index is 12.1. The molecule has 2 atom stereocenters. The molecule has 1 amide bonds. The first-order chi connectivity index (χ1) is 11.6. The monoisotopic (exact) mass is 327 g/mol. The summed E-state index contributed by atoms with van der Waals surface area (Å²) >= 11 is 0. The molecule has 0 unspecified atom stereocenters. The molecule has 0 saturated heterocycles. The highest BCUT2D eigenvalue weighted by molar-refractivity contribution is 6.00. The number of benzene rings is 2. The summed E-state index contributed by atoms with van der Waals surface area (Å²) in [5.41, 5.74) is 1.65. The Kier molecular flexibility index (Phi) is 4.22. The van der Waals surface area contributed by atoms with E-state index in [9.17, 15) is 19.8 Å². The first-order valence-corrected chi connectivity index (χ1v) is 7.52. The van der Waals surface area contributed by atoms with Crippen molar-refractivity contribution in [3.63, 3.8) is 0 Å². The summed E-state index contributed by atoms with van der Waals surface area (Å²) in [6.45, 7) is -0.246. The molecule has 1 aliphatic heterocycles. The molecular formula is C18H17NO5. The Morgan fingerprint density at radius 1 is 1.21 bits per heavy atom. The van der Waals surface area contributed by atoms with Gasteiger partial charge in [0.1, 0.15) is 11.9 Å². The fourth-order valence-corrected chi connectivity index (χ4v) is 3.06. The first kappa shape index (κ1) is 16.0. The standard InChI is InChI=1S/C18H17NO5/c1-19-17(21)13-8-11(18(22)23)7-12-15(10-5-3-2-4-6-10)14(9-20)24-16(12)13/h2-8,14-15,20H,9H2,1H3,(H,19,21)(H,22,23)/t14-,15+/m0/s1. The molecule has 1 heterocycles. The van der Waals surface area contributed by atoms with Gasteiger partial charge in [-0.3, -0.25) is 4.79 Å². The molecule has 0 spiro atoms. The van der Waals surface area contributed by atoms with Crippen molar-refractivity contribution >= 4 is 11.9 Å². The van der Waals surface area contributed by atoms with Crippen molar-refractivity contribution in [2.45, 2.75) is 12.0 Å². The van der Waals surface area contributed by atoms with Crippen LogP contribution in [0.25, 0.3) is 0 Å². The average Bonchev–Trinajstić information content (AvgIpc) is 2.99. The van der Waals surface area contributed by atoms with Gasteiger partial charge < -0.3 is 20.3 Å². The molecule has 0 fully saturated rings. The molecule has 3 N–H and O–H groups in total. The van der Waals surface area contributed by atoms with Crippen molar-refractivity contribution in [1.82, 2.24) is 5.32 Å². The zero-order valence-corrected chi connectivity index (χ0v) is 13.0. The zero-order valence-electron chi connectivity index (χ0n) is 13.0. The van der Waals surface area contributed by atoms with Crippen LogP contribution in [0.2, 0.25) is 0 Å². The number of carboxylic acid groups (broad SMARTS) is 1. The minimum Gasteiger partial charge on any atom is -0.486 e. The number of carboxylic acids is 1. The number of carbonyl (C=O) groups excluding carboxylic acids is 1. The fourth-order valence-electron chi connectivity index (χ4n) is 3.06. The summed E-state index contributed by atoms with van der Waals surface area (Å²) in [7, 11) is 1.47. The molecule has 2 aromatic rings. The molecule has 0 bridgehead atoms. The van der Waals surface area contributed by atoms with E-state index in [1.54, 1.807) is 0 Å². The van der Waals surface area contributed by atoms with E-state index >= 15 is 0 Å². The van der Waals surface area contributed by atoms with Gasteiger partial charge in [-0.25, -0.2) is 4.79 Å². The fraction of sp³-hybridized carbons (Fsp3) is 0.222. The van der Waals surface area contributed by atoms with Gasteiger partial charge in [0.05, 0.1) is 23.7 Å². The maximum Gasteiger partial charge on any atom is 0.335 e. The lowest BCUT2D eigenvalue weighted by Gasteiger charge is -2.17. The maximum atomic E-state index is 12.1. The van der Waals surface area contributed by atoms with Crippen LogP contribution in [0.1, 0.15) is 37.8 Å². The van der Waals surface area contributed by atoms with Crippen LogP contribution in [0.4, 0.5) is 0 Å². The zero-order chi connectivity index (χ0) is 17.3. The number of rotatable bonds is 4. The van der Waals surface area contributed by atoms with Crippen molar-refractivity contribution in [2.75, 3.05) is 13.7 Å². The molecule has 3 rings (SSSR count). The largest absolute Gasteiger partial charge is 0.486 e. The molecule has 24 heavy (non-hydrogen) atoms. The van der Waals surface area contributed by atoms with Crippen molar-refractivity contribution < 1.29 is 24.5 Å². The smallest absolute Gasteiger partial charge is 0.335 e. The highest BCUT2D eigenvalue weighted by Gasteiger charge is 2.38. The van der Waals surface area contributed by atoms with E-state index in [1.807, 2.05) is 30.3 Å². The molecule has 124 valence electrons. The third-order valence-corrected chi connectivity index (χ3v) is 4.15. The molecule has 0 aliphatic carbocycles. The number of aliphatic hydroxyl groups excluding tert-OH is 1. The van der Waals surface area contributed by atoms with E-state index in [0.717, 1.165) is 5.56 Å². The molecule has 6 heteroatoms. The van der Waals surface area contributed by atoms with Crippen LogP contribution in [0.3, 0.4) is 0 Å². The van der Waals surface area contributed by atoms with Crippen molar-refractivity contribution in [3.8, 4) is 5.75 Å². The van der Waals surface area contributed by atoms with Gasteiger partial charge >= 0.3 is 5.97 Å². The van der Waals surface area contributed by atoms with Crippen LogP contribution in [-0.2, 0) is 0 Å². The number of aliphatic hydroxyl groups is 1. The Morgan fingerprint density at radius 3 is 2.50 bits per heavy atom. The number of amides is 1. The number of ether oxygens (including phenoxy) is 1. The van der Waals surface area contributed by atoms with Crippen LogP contribution >= 0.6 is 0 Å². The molecule has 6 nitrogen and oxygen atoms in total. The summed E-state index contributed by atoms with van der Waals surface area (Å²) < 4.78 is 5.81. The predicted molar refractivity (Wildman–Crippen MR) is 86.6 cm³/mol. The highest BCUT2D eigenvalue weighted by atomic mass is 16.5. The number of carbonyl (C=O) groups is 2. The summed E-state index contributed by atoms with van der Waals surface area (Å²) in [5.74, 6) is -1.57. The predicted octanol–water partition coefficient (Wildman–Crippen LogP) is 1.63. The second-order valence-electron chi connectivity index (χ2n) is 5.55. The topological polar surface area (TPSA) is 95.9 Å². The normalized spacial score (nSPS) is 18.6. The SMILES string of the molecule is CNC(=O)c1cc(C(=O)O)cc2c1O[C@@H](CO)[C@@H]2c1ccccc1. The number of nitrogens with one attached hydrogen (secondary N) is 1. The van der Waals surface area contributed by atoms with Crippen molar-refractivity contribution in [3.05, 3.63) is 64.7 Å². The van der Waals surface area contributed by atoms with Gasteiger partial charge in [-0.05, 0) is 17.7 Å². The van der Waals surface area contributed by atoms with E-state index < -0.39 is 18.0 Å². The van der Waals surface area contributed by atoms with E-state index in [2.05, 4.69) is 5.32 Å². The Labute approximate surface area is 138 Å². The summed E-state index contributed by atoms with van der Waals surface area (Å²) in [6.07, 6.45) is -0.574. The Bertz CT molecular complexity index is 787. The van der Waals surface area contributed by atoms with Gasteiger partial charge in [-0.15, -0.1) is 0 Å². The van der Waals surface area contributed by atoms with E-state index in [0.29, 0.717) is 11.3 Å². The van der Waals surface area contributed by atoms with Crippen LogP contribution in [0.15, 0.2) is 42.5 Å². The highest BCUT2D eigenvalue weighted by Crippen LogP contribution is 2.44. The van der Waals surface area contributed by atoms with Gasteiger partial charge in [0.2, 0.25) is 0 Å². The number of hydrogen-bond donors (Lipinski definition) is 3. The summed E-state index contributed by atoms with van der Waals surface area (Å²) in [5, 5.41) is 21.5. The van der Waals surface area contributed by atoms with Gasteiger partial charge in [0.25, 0.3) is 5.91 Å². The summed E-state index contributed by atoms with van der Waals surface area (Å²) in [6, 6.07) is 12.2. The third kappa shape index (κ3) is 2.61. The minimum atomic E-state index is -1.12. The molecule has 0 saturated carbocycles. The van der Waals surface area contributed by atoms with Crippen molar-refractivity contribution in [1.29, 1.82) is 0 Å². The molecule has 1 aliphatic rings. The van der Waals surface area contributed by atoms with Gasteiger partial charge in [-0.1, -0.05) is 30.3 Å². The van der Waals surface area contributed by atoms with Crippen LogP contribution in [0.5, 0.6) is 5.75 Å². The number of hydrogen-bond acceptors (Lipinski definition) is 4. The van der Waals surface area contributed by atoms with E-state index in [1.165, 1.54) is 19.2 Å². The molecular weight excluding hydrogens is 310 g/mol. The van der Waals surface area contributed by atoms with Gasteiger partial charge in [-0.2, -0.15) is 0 Å². The van der Waals surface area contributed by atoms with E-state index in [4.69, 9.17) is 4.74 Å². The Hall–Kier alpha value is -2.86. The molecule has 2 aromatic carbocycles. The first-order valence-electron chi connectivity index (χ1n) is 7.52. The Morgan fingerprint density at radius 2 is 1.92 bits per heavy atom. The lowest BCUT2D eigenvalue weighted by Crippen LogP contribution is -2.24. The molecule has 0 radical (unpaired) electrons. The lowest BCUT2D eigenvalue weighted by molar-refractivity contribution is 0.0696. The van der Waals surface area contributed by atoms with Crippen molar-refractivity contribution in [2.24, 2.45) is 0 Å². The minimum absolute atomic E-state index is 0.00970. The van der Waals surface area contributed by atoms with Gasteiger partial charge in [0.15, 0.2) is 0 Å². The average molecular weight is 327 g/mol. The van der Waals surface area contributed by atoms with E-state index in [-0.39, 0.29) is 23.7 Å². The van der Waals surface area contributed by atoms with Crippen LogP contribution in [0, 0.1) is 0 Å². The number of aromatic carboxylic acids is 1. The van der Waals surface area contributed by atoms with Gasteiger partial charge in [0, 0.05) is 12.6 Å². The van der Waals surface area contributed by atoms with Crippen LogP contribution < -0.4 is 10.1 Å². The second-order valence-corrected chi connectivity index (χ2v) is 5.55.